The van der Waals surface area contributed by atoms with Crippen LogP contribution in [0.1, 0.15) is 37.0 Å². The molecule has 0 spiro atoms. The fourth-order valence-electron chi connectivity index (χ4n) is 3.51. The minimum atomic E-state index is -3.94. The van der Waals surface area contributed by atoms with Crippen molar-refractivity contribution in [2.75, 3.05) is 31.1 Å². The van der Waals surface area contributed by atoms with E-state index in [1.807, 2.05) is 11.0 Å². The van der Waals surface area contributed by atoms with Crippen molar-refractivity contribution in [2.45, 2.75) is 31.6 Å². The maximum atomic E-state index is 13.4. The van der Waals surface area contributed by atoms with Crippen LogP contribution in [-0.4, -0.2) is 50.0 Å². The number of anilines is 1. The van der Waals surface area contributed by atoms with Crippen molar-refractivity contribution in [2.24, 2.45) is 0 Å². The molecular formula is C21H26N2O5S. The minimum absolute atomic E-state index is 0.0713. The fourth-order valence-corrected chi connectivity index (χ4v) is 5.12. The molecule has 1 saturated heterocycles. The van der Waals surface area contributed by atoms with E-state index in [-0.39, 0.29) is 29.3 Å². The van der Waals surface area contributed by atoms with E-state index in [1.54, 1.807) is 38.1 Å². The van der Waals surface area contributed by atoms with Crippen LogP contribution in [0.3, 0.4) is 0 Å². The summed E-state index contributed by atoms with van der Waals surface area (Å²) in [4.78, 5) is 13.6. The molecule has 156 valence electrons. The van der Waals surface area contributed by atoms with Crippen molar-refractivity contribution in [3.8, 4) is 11.5 Å². The molecule has 0 unspecified atom stereocenters. The number of para-hydroxylation sites is 1. The molecule has 0 aromatic heterocycles. The number of hydrogen-bond donors (Lipinski definition) is 1. The number of carbonyl (C=O) groups is 1. The van der Waals surface area contributed by atoms with Crippen molar-refractivity contribution < 1.29 is 23.1 Å². The van der Waals surface area contributed by atoms with Crippen LogP contribution in [0.25, 0.3) is 0 Å². The smallest absolute Gasteiger partial charge is 0.335 e. The van der Waals surface area contributed by atoms with Crippen LogP contribution in [0, 0.1) is 0 Å². The number of nitrogens with zero attached hydrogens (tertiary/aromatic N) is 2. The lowest BCUT2D eigenvalue weighted by Gasteiger charge is -2.26. The largest absolute Gasteiger partial charge is 0.478 e. The minimum Gasteiger partial charge on any atom is -0.478 e. The van der Waals surface area contributed by atoms with Gasteiger partial charge < -0.3 is 14.7 Å². The molecule has 0 atom stereocenters. The lowest BCUT2D eigenvalue weighted by molar-refractivity contribution is 0.0696. The molecule has 1 fully saturated rings. The Bertz CT molecular complexity index is 966. The Morgan fingerprint density at radius 1 is 1.10 bits per heavy atom. The summed E-state index contributed by atoms with van der Waals surface area (Å²) in [7, 11) is -3.94. The number of ether oxygens (including phenoxy) is 1. The van der Waals surface area contributed by atoms with Crippen molar-refractivity contribution in [3.63, 3.8) is 0 Å². The fraction of sp³-hybridized carbons (Fsp3) is 0.381. The van der Waals surface area contributed by atoms with E-state index < -0.39 is 16.0 Å². The van der Waals surface area contributed by atoms with E-state index >= 15 is 0 Å². The Kier molecular flexibility index (Phi) is 6.44. The lowest BCUT2D eigenvalue weighted by atomic mass is 10.1. The summed E-state index contributed by atoms with van der Waals surface area (Å²) >= 11 is 0. The number of carboxylic acid groups (broad SMARTS) is 1. The zero-order valence-electron chi connectivity index (χ0n) is 16.7. The predicted molar refractivity (Wildman–Crippen MR) is 111 cm³/mol. The predicted octanol–water partition coefficient (Wildman–Crippen LogP) is 3.81. The van der Waals surface area contributed by atoms with E-state index in [2.05, 4.69) is 0 Å². The van der Waals surface area contributed by atoms with Gasteiger partial charge in [-0.15, -0.1) is 0 Å². The molecule has 0 amide bonds. The number of carboxylic acids is 1. The van der Waals surface area contributed by atoms with Gasteiger partial charge in [0.15, 0.2) is 5.75 Å². The molecule has 1 heterocycles. The third-order valence-electron chi connectivity index (χ3n) is 5.02. The first-order valence-electron chi connectivity index (χ1n) is 9.77. The molecule has 8 heteroatoms. The molecule has 1 aliphatic heterocycles. The van der Waals surface area contributed by atoms with Crippen LogP contribution >= 0.6 is 0 Å². The van der Waals surface area contributed by atoms with Crippen molar-refractivity contribution in [1.29, 1.82) is 0 Å². The molecule has 0 radical (unpaired) electrons. The van der Waals surface area contributed by atoms with Crippen LogP contribution in [0.5, 0.6) is 11.5 Å². The van der Waals surface area contributed by atoms with Gasteiger partial charge >= 0.3 is 5.97 Å². The van der Waals surface area contributed by atoms with Crippen molar-refractivity contribution in [1.82, 2.24) is 4.31 Å². The van der Waals surface area contributed by atoms with Gasteiger partial charge in [-0.3, -0.25) is 0 Å². The highest BCUT2D eigenvalue weighted by molar-refractivity contribution is 7.89. The standard InChI is InChI=1S/C21H26N2O5S/c1-3-23(4-2)29(26,27)19-15-16(21(24)25)14-18(22-12-8-9-13-22)20(19)28-17-10-6-5-7-11-17/h5-7,10-11,14-15H,3-4,8-9,12-13H2,1-2H3,(H,24,25). The quantitative estimate of drug-likeness (QED) is 0.701. The summed E-state index contributed by atoms with van der Waals surface area (Å²) in [6.45, 7) is 5.50. The van der Waals surface area contributed by atoms with Gasteiger partial charge in [0.2, 0.25) is 10.0 Å². The van der Waals surface area contributed by atoms with Gasteiger partial charge in [-0.05, 0) is 37.1 Å². The third kappa shape index (κ3) is 4.38. The van der Waals surface area contributed by atoms with E-state index in [9.17, 15) is 18.3 Å². The monoisotopic (exact) mass is 418 g/mol. The van der Waals surface area contributed by atoms with E-state index in [0.29, 0.717) is 11.4 Å². The molecule has 7 nitrogen and oxygen atoms in total. The molecule has 29 heavy (non-hydrogen) atoms. The normalized spacial score (nSPS) is 14.4. The topological polar surface area (TPSA) is 87.2 Å². The molecule has 0 saturated carbocycles. The second-order valence-corrected chi connectivity index (χ2v) is 8.73. The first kappa shape index (κ1) is 21.1. The number of sulfonamides is 1. The zero-order chi connectivity index (χ0) is 21.0. The first-order chi connectivity index (χ1) is 13.9. The van der Waals surface area contributed by atoms with Crippen LogP contribution in [-0.2, 0) is 10.0 Å². The van der Waals surface area contributed by atoms with Gasteiger partial charge in [0.25, 0.3) is 0 Å². The Labute approximate surface area is 171 Å². The van der Waals surface area contributed by atoms with Crippen LogP contribution in [0.15, 0.2) is 47.4 Å². The Morgan fingerprint density at radius 3 is 2.28 bits per heavy atom. The highest BCUT2D eigenvalue weighted by atomic mass is 32.2. The number of benzene rings is 2. The SMILES string of the molecule is CCN(CC)S(=O)(=O)c1cc(C(=O)O)cc(N2CCCC2)c1Oc1ccccc1. The highest BCUT2D eigenvalue weighted by Gasteiger charge is 2.32. The molecule has 2 aromatic rings. The molecule has 1 aliphatic rings. The molecule has 0 aliphatic carbocycles. The van der Waals surface area contributed by atoms with Gasteiger partial charge in [0, 0.05) is 26.2 Å². The van der Waals surface area contributed by atoms with Crippen LogP contribution in [0.2, 0.25) is 0 Å². The Morgan fingerprint density at radius 2 is 1.72 bits per heavy atom. The summed E-state index contributed by atoms with van der Waals surface area (Å²) in [5.41, 5.74) is 0.426. The molecule has 3 rings (SSSR count). The van der Waals surface area contributed by atoms with Crippen molar-refractivity contribution >= 4 is 21.7 Å². The molecule has 0 bridgehead atoms. The first-order valence-corrected chi connectivity index (χ1v) is 11.2. The summed E-state index contributed by atoms with van der Waals surface area (Å²) in [5, 5.41) is 9.61. The molecular weight excluding hydrogens is 392 g/mol. The number of rotatable bonds is 8. The zero-order valence-corrected chi connectivity index (χ0v) is 17.5. The highest BCUT2D eigenvalue weighted by Crippen LogP contribution is 2.41. The summed E-state index contributed by atoms with van der Waals surface area (Å²) in [6.07, 6.45) is 1.92. The van der Waals surface area contributed by atoms with Crippen molar-refractivity contribution in [3.05, 3.63) is 48.0 Å². The second-order valence-electron chi connectivity index (χ2n) is 6.83. The van der Waals surface area contributed by atoms with Gasteiger partial charge in [-0.1, -0.05) is 32.0 Å². The van der Waals surface area contributed by atoms with E-state index in [1.165, 1.54) is 16.4 Å². The molecule has 2 aromatic carbocycles. The number of aromatic carboxylic acids is 1. The lowest BCUT2D eigenvalue weighted by Crippen LogP contribution is -2.31. The van der Waals surface area contributed by atoms with E-state index in [0.717, 1.165) is 25.9 Å². The Balaban J connectivity index is 2.26. The van der Waals surface area contributed by atoms with E-state index in [4.69, 9.17) is 4.74 Å². The van der Waals surface area contributed by atoms with Crippen LogP contribution < -0.4 is 9.64 Å². The summed E-state index contributed by atoms with van der Waals surface area (Å²) in [6, 6.07) is 11.6. The summed E-state index contributed by atoms with van der Waals surface area (Å²) < 4.78 is 34.1. The molecule has 1 N–H and O–H groups in total. The third-order valence-corrected chi connectivity index (χ3v) is 7.07. The van der Waals surface area contributed by atoms with Gasteiger partial charge in [-0.2, -0.15) is 4.31 Å². The van der Waals surface area contributed by atoms with Crippen LogP contribution in [0.4, 0.5) is 5.69 Å². The maximum absolute atomic E-state index is 13.4. The average Bonchev–Trinajstić information content (AvgIpc) is 3.24. The van der Waals surface area contributed by atoms with Gasteiger partial charge in [0.1, 0.15) is 10.6 Å². The van der Waals surface area contributed by atoms with Gasteiger partial charge in [-0.25, -0.2) is 13.2 Å². The number of hydrogen-bond acceptors (Lipinski definition) is 5. The second kappa shape index (κ2) is 8.84. The average molecular weight is 419 g/mol. The maximum Gasteiger partial charge on any atom is 0.335 e. The Hall–Kier alpha value is -2.58. The summed E-state index contributed by atoms with van der Waals surface area (Å²) in [5.74, 6) is -0.505. The van der Waals surface area contributed by atoms with Gasteiger partial charge in [0.05, 0.1) is 11.3 Å².